The highest BCUT2D eigenvalue weighted by Crippen LogP contribution is 2.31. The molecule has 2 aromatic rings. The van der Waals surface area contributed by atoms with Crippen LogP contribution in [0, 0.1) is 0 Å². The van der Waals surface area contributed by atoms with Crippen LogP contribution < -0.4 is 9.64 Å². The van der Waals surface area contributed by atoms with Crippen molar-refractivity contribution in [2.45, 2.75) is 25.4 Å². The second-order valence-electron chi connectivity index (χ2n) is 6.38. The first-order chi connectivity index (χ1) is 12.7. The highest BCUT2D eigenvalue weighted by Gasteiger charge is 2.34. The molecule has 0 aliphatic carbocycles. The summed E-state index contributed by atoms with van der Waals surface area (Å²) < 4.78 is 5.43. The Labute approximate surface area is 154 Å². The first kappa shape index (κ1) is 18.4. The Morgan fingerprint density at radius 1 is 1.31 bits per heavy atom. The van der Waals surface area contributed by atoms with E-state index < -0.39 is 0 Å². The average Bonchev–Trinajstić information content (AvgIpc) is 2.69. The predicted molar refractivity (Wildman–Crippen MR) is 100 cm³/mol. The molecule has 1 N–H and O–H groups in total. The SMILES string of the molecule is COc1ccccc1N1CCCC(N(CCO)Cc2cccnc2)C1=O. The molecular weight excluding hydrogens is 330 g/mol. The van der Waals surface area contributed by atoms with Gasteiger partial charge in [0.1, 0.15) is 5.75 Å². The zero-order valence-corrected chi connectivity index (χ0v) is 15.0. The number of para-hydroxylation sites is 2. The van der Waals surface area contributed by atoms with Crippen molar-refractivity contribution in [3.05, 3.63) is 54.4 Å². The summed E-state index contributed by atoms with van der Waals surface area (Å²) in [5.74, 6) is 0.751. The Morgan fingerprint density at radius 3 is 2.88 bits per heavy atom. The van der Waals surface area contributed by atoms with Gasteiger partial charge in [-0.15, -0.1) is 0 Å². The van der Waals surface area contributed by atoms with Gasteiger partial charge in [0.2, 0.25) is 5.91 Å². The zero-order chi connectivity index (χ0) is 18.4. The Bertz CT molecular complexity index is 723. The molecule has 1 atom stereocenters. The van der Waals surface area contributed by atoms with Crippen LogP contribution in [0.5, 0.6) is 5.75 Å². The van der Waals surface area contributed by atoms with Crippen LogP contribution >= 0.6 is 0 Å². The maximum absolute atomic E-state index is 13.2. The second kappa shape index (κ2) is 8.78. The fourth-order valence-corrected chi connectivity index (χ4v) is 3.49. The maximum Gasteiger partial charge on any atom is 0.244 e. The molecule has 26 heavy (non-hydrogen) atoms. The molecule has 6 heteroatoms. The molecule has 3 rings (SSSR count). The van der Waals surface area contributed by atoms with Crippen LogP contribution in [-0.2, 0) is 11.3 Å². The summed E-state index contributed by atoms with van der Waals surface area (Å²) in [5, 5.41) is 9.49. The van der Waals surface area contributed by atoms with Gasteiger partial charge in [-0.2, -0.15) is 0 Å². The molecule has 1 aromatic carbocycles. The summed E-state index contributed by atoms with van der Waals surface area (Å²) in [6.07, 6.45) is 5.22. The fraction of sp³-hybridized carbons (Fsp3) is 0.400. The van der Waals surface area contributed by atoms with E-state index in [0.29, 0.717) is 25.4 Å². The maximum atomic E-state index is 13.2. The largest absolute Gasteiger partial charge is 0.495 e. The molecule has 0 bridgehead atoms. The molecule has 0 radical (unpaired) electrons. The van der Waals surface area contributed by atoms with Crippen molar-refractivity contribution < 1.29 is 14.6 Å². The van der Waals surface area contributed by atoms with E-state index in [-0.39, 0.29) is 18.6 Å². The number of methoxy groups -OCH3 is 1. The minimum absolute atomic E-state index is 0.0126. The van der Waals surface area contributed by atoms with E-state index in [1.54, 1.807) is 24.4 Å². The van der Waals surface area contributed by atoms with Gasteiger partial charge in [0.05, 0.1) is 25.4 Å². The van der Waals surface area contributed by atoms with Gasteiger partial charge in [-0.1, -0.05) is 18.2 Å². The van der Waals surface area contributed by atoms with Gasteiger partial charge in [0, 0.05) is 32.0 Å². The van der Waals surface area contributed by atoms with Gasteiger partial charge in [-0.05, 0) is 36.6 Å². The summed E-state index contributed by atoms with van der Waals surface area (Å²) in [7, 11) is 1.62. The molecule has 6 nitrogen and oxygen atoms in total. The van der Waals surface area contributed by atoms with Gasteiger partial charge >= 0.3 is 0 Å². The van der Waals surface area contributed by atoms with Crippen LogP contribution in [0.15, 0.2) is 48.8 Å². The lowest BCUT2D eigenvalue weighted by atomic mass is 10.0. The van der Waals surface area contributed by atoms with E-state index in [9.17, 15) is 9.90 Å². The third-order valence-electron chi connectivity index (χ3n) is 4.72. The first-order valence-corrected chi connectivity index (χ1v) is 8.93. The van der Waals surface area contributed by atoms with Crippen LogP contribution in [0.3, 0.4) is 0 Å². The fourth-order valence-electron chi connectivity index (χ4n) is 3.49. The van der Waals surface area contributed by atoms with Crippen LogP contribution in [0.25, 0.3) is 0 Å². The molecule has 1 amide bonds. The number of carbonyl (C=O) groups excluding carboxylic acids is 1. The number of amides is 1. The van der Waals surface area contributed by atoms with E-state index >= 15 is 0 Å². The number of ether oxygens (including phenoxy) is 1. The number of piperidine rings is 1. The number of benzene rings is 1. The number of rotatable bonds is 7. The van der Waals surface area contributed by atoms with E-state index in [0.717, 1.165) is 24.1 Å². The van der Waals surface area contributed by atoms with Crippen molar-refractivity contribution in [1.82, 2.24) is 9.88 Å². The quantitative estimate of drug-likeness (QED) is 0.824. The monoisotopic (exact) mass is 355 g/mol. The Hall–Kier alpha value is -2.44. The summed E-state index contributed by atoms with van der Waals surface area (Å²) in [5.41, 5.74) is 1.83. The smallest absolute Gasteiger partial charge is 0.244 e. The van der Waals surface area contributed by atoms with Crippen LogP contribution in [0.4, 0.5) is 5.69 Å². The first-order valence-electron chi connectivity index (χ1n) is 8.93. The highest BCUT2D eigenvalue weighted by molar-refractivity contribution is 5.99. The number of aromatic nitrogens is 1. The standard InChI is InChI=1S/C20H25N3O3/c1-26-19-9-3-2-7-17(19)23-11-5-8-18(20(23)25)22(12-13-24)15-16-6-4-10-21-14-16/h2-4,6-7,9-10,14,18,24H,5,8,11-13,15H2,1H3. The molecule has 138 valence electrons. The van der Waals surface area contributed by atoms with Crippen molar-refractivity contribution in [3.8, 4) is 5.75 Å². The Morgan fingerprint density at radius 2 is 2.15 bits per heavy atom. The zero-order valence-electron chi connectivity index (χ0n) is 15.0. The van der Waals surface area contributed by atoms with Crippen molar-refractivity contribution in [1.29, 1.82) is 0 Å². The minimum atomic E-state index is -0.263. The van der Waals surface area contributed by atoms with Crippen molar-refractivity contribution in [2.24, 2.45) is 0 Å². The van der Waals surface area contributed by atoms with Gasteiger partial charge in [-0.3, -0.25) is 14.7 Å². The van der Waals surface area contributed by atoms with E-state index in [2.05, 4.69) is 4.98 Å². The summed E-state index contributed by atoms with van der Waals surface area (Å²) in [6, 6.07) is 11.2. The number of hydrogen-bond acceptors (Lipinski definition) is 5. The highest BCUT2D eigenvalue weighted by atomic mass is 16.5. The lowest BCUT2D eigenvalue weighted by Gasteiger charge is -2.38. The molecule has 1 aliphatic heterocycles. The summed E-state index contributed by atoms with van der Waals surface area (Å²) in [6.45, 7) is 1.73. The Kier molecular flexibility index (Phi) is 6.20. The lowest BCUT2D eigenvalue weighted by molar-refractivity contribution is -0.125. The van der Waals surface area contributed by atoms with E-state index in [1.165, 1.54) is 0 Å². The van der Waals surface area contributed by atoms with E-state index in [4.69, 9.17) is 4.74 Å². The molecular formula is C20H25N3O3. The molecule has 2 heterocycles. The lowest BCUT2D eigenvalue weighted by Crippen LogP contribution is -2.53. The number of aliphatic hydroxyl groups excluding tert-OH is 1. The topological polar surface area (TPSA) is 65.9 Å². The third kappa shape index (κ3) is 4.03. The number of hydrogen-bond donors (Lipinski definition) is 1. The van der Waals surface area contributed by atoms with Crippen LogP contribution in [0.2, 0.25) is 0 Å². The number of carbonyl (C=O) groups is 1. The number of nitrogens with zero attached hydrogens (tertiary/aromatic N) is 3. The van der Waals surface area contributed by atoms with Crippen molar-refractivity contribution in [2.75, 3.05) is 31.7 Å². The predicted octanol–water partition coefficient (Wildman–Crippen LogP) is 2.08. The third-order valence-corrected chi connectivity index (χ3v) is 4.72. The average molecular weight is 355 g/mol. The van der Waals surface area contributed by atoms with Crippen LogP contribution in [-0.4, -0.2) is 53.7 Å². The van der Waals surface area contributed by atoms with Gasteiger partial charge in [0.15, 0.2) is 0 Å². The van der Waals surface area contributed by atoms with Gasteiger partial charge in [-0.25, -0.2) is 0 Å². The van der Waals surface area contributed by atoms with Gasteiger partial charge < -0.3 is 14.7 Å². The molecule has 1 unspecified atom stereocenters. The number of pyridine rings is 1. The van der Waals surface area contributed by atoms with E-state index in [1.807, 2.05) is 41.3 Å². The van der Waals surface area contributed by atoms with Gasteiger partial charge in [0.25, 0.3) is 0 Å². The molecule has 0 saturated carbocycles. The summed E-state index contributed by atoms with van der Waals surface area (Å²) >= 11 is 0. The minimum Gasteiger partial charge on any atom is -0.495 e. The molecule has 1 fully saturated rings. The molecule has 1 aliphatic rings. The normalized spacial score (nSPS) is 17.6. The second-order valence-corrected chi connectivity index (χ2v) is 6.38. The Balaban J connectivity index is 1.82. The van der Waals surface area contributed by atoms with Crippen LogP contribution in [0.1, 0.15) is 18.4 Å². The van der Waals surface area contributed by atoms with Crippen molar-refractivity contribution in [3.63, 3.8) is 0 Å². The summed E-state index contributed by atoms with van der Waals surface area (Å²) in [4.78, 5) is 21.2. The number of aliphatic hydroxyl groups is 1. The molecule has 1 saturated heterocycles. The number of anilines is 1. The molecule has 1 aromatic heterocycles. The van der Waals surface area contributed by atoms with Crippen molar-refractivity contribution >= 4 is 11.6 Å². The molecule has 0 spiro atoms.